The number of amides is 1. The second kappa shape index (κ2) is 4.28. The second-order valence-corrected chi connectivity index (χ2v) is 5.22. The first-order valence-corrected chi connectivity index (χ1v) is 6.23. The van der Waals surface area contributed by atoms with E-state index in [1.165, 1.54) is 0 Å². The van der Waals surface area contributed by atoms with Gasteiger partial charge in [0.15, 0.2) is 5.60 Å². The predicted octanol–water partition coefficient (Wildman–Crippen LogP) is 2.23. The molecule has 1 atom stereocenters. The van der Waals surface area contributed by atoms with Gasteiger partial charge in [0.2, 0.25) is 0 Å². The zero-order chi connectivity index (χ0) is 13.5. The molecule has 1 aromatic carbocycles. The van der Waals surface area contributed by atoms with E-state index in [-0.39, 0.29) is 11.9 Å². The van der Waals surface area contributed by atoms with Crippen molar-refractivity contribution in [1.29, 1.82) is 0 Å². The summed E-state index contributed by atoms with van der Waals surface area (Å²) in [4.78, 5) is 13.8. The Hall–Kier alpha value is -1.55. The van der Waals surface area contributed by atoms with Crippen LogP contribution in [-0.2, 0) is 4.79 Å². The van der Waals surface area contributed by atoms with Gasteiger partial charge in [0.05, 0.1) is 5.69 Å². The van der Waals surface area contributed by atoms with Crippen LogP contribution in [0.5, 0.6) is 5.75 Å². The number of nitrogens with two attached hydrogens (primary N) is 1. The molecule has 0 fully saturated rings. The lowest BCUT2D eigenvalue weighted by atomic mass is 10.0. The fraction of sp³-hybridized carbons (Fsp3) is 0.500. The standard InChI is InChI=1S/C14H20N2O2/c1-5-10(15)9-6-7-12-11(8-9)16(4)13(17)14(2,3)18-12/h6-8,10H,5,15H2,1-4H3. The topological polar surface area (TPSA) is 55.6 Å². The van der Waals surface area contributed by atoms with Crippen molar-refractivity contribution in [3.05, 3.63) is 23.8 Å². The summed E-state index contributed by atoms with van der Waals surface area (Å²) >= 11 is 0. The number of hydrogen-bond acceptors (Lipinski definition) is 3. The van der Waals surface area contributed by atoms with Gasteiger partial charge in [-0.05, 0) is 38.0 Å². The smallest absolute Gasteiger partial charge is 0.270 e. The van der Waals surface area contributed by atoms with E-state index in [2.05, 4.69) is 0 Å². The Morgan fingerprint density at radius 2 is 2.11 bits per heavy atom. The normalized spacial score (nSPS) is 19.2. The first-order valence-electron chi connectivity index (χ1n) is 6.23. The lowest BCUT2D eigenvalue weighted by molar-refractivity contribution is -0.132. The van der Waals surface area contributed by atoms with E-state index >= 15 is 0 Å². The van der Waals surface area contributed by atoms with Gasteiger partial charge in [0.1, 0.15) is 5.75 Å². The highest BCUT2D eigenvalue weighted by Gasteiger charge is 2.39. The Morgan fingerprint density at radius 1 is 1.44 bits per heavy atom. The van der Waals surface area contributed by atoms with Crippen molar-refractivity contribution in [1.82, 2.24) is 0 Å². The molecule has 1 aliphatic rings. The van der Waals surface area contributed by atoms with Gasteiger partial charge in [-0.2, -0.15) is 0 Å². The molecule has 1 aliphatic heterocycles. The maximum absolute atomic E-state index is 12.1. The van der Waals surface area contributed by atoms with Crippen molar-refractivity contribution in [2.24, 2.45) is 5.73 Å². The summed E-state index contributed by atoms with van der Waals surface area (Å²) in [5.41, 5.74) is 7.03. The summed E-state index contributed by atoms with van der Waals surface area (Å²) in [6.07, 6.45) is 0.864. The minimum absolute atomic E-state index is 0.00580. The van der Waals surface area contributed by atoms with Crippen molar-refractivity contribution < 1.29 is 9.53 Å². The SMILES string of the molecule is CCC(N)c1ccc2c(c1)N(C)C(=O)C(C)(C)O2. The van der Waals surface area contributed by atoms with E-state index in [1.807, 2.05) is 25.1 Å². The monoisotopic (exact) mass is 248 g/mol. The molecule has 2 N–H and O–H groups in total. The van der Waals surface area contributed by atoms with Crippen molar-refractivity contribution in [3.8, 4) is 5.75 Å². The van der Waals surface area contributed by atoms with Gasteiger partial charge < -0.3 is 15.4 Å². The molecule has 1 heterocycles. The van der Waals surface area contributed by atoms with Gasteiger partial charge in [0.25, 0.3) is 5.91 Å². The van der Waals surface area contributed by atoms with E-state index < -0.39 is 5.60 Å². The molecule has 4 heteroatoms. The molecule has 18 heavy (non-hydrogen) atoms. The summed E-state index contributed by atoms with van der Waals surface area (Å²) in [6.45, 7) is 5.60. The number of benzene rings is 1. The number of nitrogens with zero attached hydrogens (tertiary/aromatic N) is 1. The number of ether oxygens (including phenoxy) is 1. The maximum atomic E-state index is 12.1. The Morgan fingerprint density at radius 3 is 2.72 bits per heavy atom. The number of fused-ring (bicyclic) bond motifs is 1. The van der Waals surface area contributed by atoms with Gasteiger partial charge in [-0.25, -0.2) is 0 Å². The van der Waals surface area contributed by atoms with Crippen LogP contribution in [0.25, 0.3) is 0 Å². The van der Waals surface area contributed by atoms with Crippen LogP contribution in [0, 0.1) is 0 Å². The molecule has 4 nitrogen and oxygen atoms in total. The van der Waals surface area contributed by atoms with E-state index in [1.54, 1.807) is 25.8 Å². The Bertz CT molecular complexity index is 483. The second-order valence-electron chi connectivity index (χ2n) is 5.22. The number of anilines is 1. The van der Waals surface area contributed by atoms with E-state index in [0.717, 1.165) is 23.4 Å². The Labute approximate surface area is 108 Å². The molecule has 1 amide bonds. The summed E-state index contributed by atoms with van der Waals surface area (Å²) in [6, 6.07) is 5.79. The van der Waals surface area contributed by atoms with Crippen molar-refractivity contribution in [3.63, 3.8) is 0 Å². The molecule has 1 unspecified atom stereocenters. The van der Waals surface area contributed by atoms with E-state index in [0.29, 0.717) is 0 Å². The molecule has 0 aliphatic carbocycles. The quantitative estimate of drug-likeness (QED) is 0.873. The van der Waals surface area contributed by atoms with Crippen LogP contribution in [0.15, 0.2) is 18.2 Å². The van der Waals surface area contributed by atoms with Crippen LogP contribution in [0.3, 0.4) is 0 Å². The number of carbonyl (C=O) groups excluding carboxylic acids is 1. The zero-order valence-electron chi connectivity index (χ0n) is 11.4. The minimum Gasteiger partial charge on any atom is -0.476 e. The van der Waals surface area contributed by atoms with Crippen LogP contribution in [-0.4, -0.2) is 18.6 Å². The Balaban J connectivity index is 2.46. The Kier molecular flexibility index (Phi) is 3.07. The zero-order valence-corrected chi connectivity index (χ0v) is 11.4. The van der Waals surface area contributed by atoms with Crippen LogP contribution in [0.1, 0.15) is 38.8 Å². The lowest BCUT2D eigenvalue weighted by Gasteiger charge is -2.37. The largest absolute Gasteiger partial charge is 0.476 e. The molecule has 0 aromatic heterocycles. The predicted molar refractivity (Wildman–Crippen MR) is 71.8 cm³/mol. The molecule has 2 rings (SSSR count). The molecule has 1 aromatic rings. The van der Waals surface area contributed by atoms with Crippen LogP contribution < -0.4 is 15.4 Å². The fourth-order valence-electron chi connectivity index (χ4n) is 2.18. The number of carbonyl (C=O) groups is 1. The molecular formula is C14H20N2O2. The molecule has 0 saturated carbocycles. The highest BCUT2D eigenvalue weighted by Crippen LogP contribution is 2.38. The number of likely N-dealkylation sites (N-methyl/N-ethyl adjacent to an activating group) is 1. The molecular weight excluding hydrogens is 228 g/mol. The molecule has 0 bridgehead atoms. The fourth-order valence-corrected chi connectivity index (χ4v) is 2.18. The van der Waals surface area contributed by atoms with E-state index in [4.69, 9.17) is 10.5 Å². The van der Waals surface area contributed by atoms with Gasteiger partial charge in [-0.1, -0.05) is 13.0 Å². The molecule has 0 spiro atoms. The number of rotatable bonds is 2. The van der Waals surface area contributed by atoms with Gasteiger partial charge >= 0.3 is 0 Å². The number of hydrogen-bond donors (Lipinski definition) is 1. The van der Waals surface area contributed by atoms with Crippen molar-refractivity contribution in [2.75, 3.05) is 11.9 Å². The average Bonchev–Trinajstić information content (AvgIpc) is 2.34. The highest BCUT2D eigenvalue weighted by atomic mass is 16.5. The summed E-state index contributed by atoms with van der Waals surface area (Å²) in [5.74, 6) is 0.686. The first kappa shape index (κ1) is 12.9. The third-order valence-electron chi connectivity index (χ3n) is 3.40. The summed E-state index contributed by atoms with van der Waals surface area (Å²) in [7, 11) is 1.77. The van der Waals surface area contributed by atoms with Crippen molar-refractivity contribution in [2.45, 2.75) is 38.8 Å². The molecule has 0 saturated heterocycles. The van der Waals surface area contributed by atoms with Crippen LogP contribution >= 0.6 is 0 Å². The lowest BCUT2D eigenvalue weighted by Crippen LogP contribution is -2.50. The third kappa shape index (κ3) is 1.97. The van der Waals surface area contributed by atoms with Crippen LogP contribution in [0.2, 0.25) is 0 Å². The molecule has 98 valence electrons. The van der Waals surface area contributed by atoms with Gasteiger partial charge in [-0.15, -0.1) is 0 Å². The van der Waals surface area contributed by atoms with Crippen molar-refractivity contribution >= 4 is 11.6 Å². The van der Waals surface area contributed by atoms with E-state index in [9.17, 15) is 4.79 Å². The minimum atomic E-state index is -0.809. The highest BCUT2D eigenvalue weighted by molar-refractivity contribution is 6.01. The van der Waals surface area contributed by atoms with Gasteiger partial charge in [-0.3, -0.25) is 4.79 Å². The summed E-state index contributed by atoms with van der Waals surface area (Å²) in [5, 5.41) is 0. The third-order valence-corrected chi connectivity index (χ3v) is 3.40. The molecule has 0 radical (unpaired) electrons. The average molecular weight is 248 g/mol. The first-order chi connectivity index (χ1) is 8.36. The summed E-state index contributed by atoms with van der Waals surface area (Å²) < 4.78 is 5.74. The van der Waals surface area contributed by atoms with Gasteiger partial charge in [0, 0.05) is 13.1 Å². The van der Waals surface area contributed by atoms with Crippen LogP contribution in [0.4, 0.5) is 5.69 Å². The maximum Gasteiger partial charge on any atom is 0.270 e.